The van der Waals surface area contributed by atoms with Crippen molar-refractivity contribution in [3.05, 3.63) is 47.4 Å². The molecule has 6 nitrogen and oxygen atoms in total. The fourth-order valence-electron chi connectivity index (χ4n) is 1.84. The van der Waals surface area contributed by atoms with Gasteiger partial charge < -0.3 is 9.73 Å². The Labute approximate surface area is 132 Å². The van der Waals surface area contributed by atoms with Crippen LogP contribution >= 0.6 is 11.6 Å². The Kier molecular flexibility index (Phi) is 5.57. The van der Waals surface area contributed by atoms with Gasteiger partial charge in [-0.3, -0.25) is 14.8 Å². The molecule has 0 radical (unpaired) electrons. The number of halogens is 1. The first-order valence-corrected chi connectivity index (χ1v) is 7.03. The van der Waals surface area contributed by atoms with Crippen LogP contribution in [0, 0.1) is 0 Å². The number of amides is 2. The second-order valence-corrected chi connectivity index (χ2v) is 5.04. The molecule has 0 saturated carbocycles. The van der Waals surface area contributed by atoms with Crippen molar-refractivity contribution in [3.8, 4) is 11.1 Å². The highest BCUT2D eigenvalue weighted by atomic mass is 35.5. The summed E-state index contributed by atoms with van der Waals surface area (Å²) in [7, 11) is 0. The zero-order chi connectivity index (χ0) is 15.9. The third-order valence-electron chi connectivity index (χ3n) is 2.99. The zero-order valence-electron chi connectivity index (χ0n) is 11.6. The van der Waals surface area contributed by atoms with Crippen LogP contribution in [0.25, 0.3) is 11.1 Å². The van der Waals surface area contributed by atoms with Crippen LogP contribution in [0.1, 0.15) is 23.4 Å². The van der Waals surface area contributed by atoms with Gasteiger partial charge in [0, 0.05) is 23.6 Å². The standard InChI is InChI=1S/C15H15ClN2O4/c16-12-5-3-10(4-6-12)11-8-13(22-9-11)15(20)17-7-1-2-14(19)18-21/h3-6,8-9,21H,1-2,7H2,(H,17,20)(H,18,19). The Balaban J connectivity index is 1.89. The van der Waals surface area contributed by atoms with E-state index in [9.17, 15) is 9.59 Å². The predicted octanol–water partition coefficient (Wildman–Crippen LogP) is 2.62. The minimum Gasteiger partial charge on any atom is -0.459 e. The molecule has 0 spiro atoms. The lowest BCUT2D eigenvalue weighted by Gasteiger charge is -2.02. The summed E-state index contributed by atoms with van der Waals surface area (Å²) in [4.78, 5) is 22.7. The van der Waals surface area contributed by atoms with E-state index in [0.29, 0.717) is 18.0 Å². The molecule has 2 rings (SSSR count). The van der Waals surface area contributed by atoms with Crippen molar-refractivity contribution in [1.29, 1.82) is 0 Å². The highest BCUT2D eigenvalue weighted by Crippen LogP contribution is 2.23. The monoisotopic (exact) mass is 322 g/mol. The largest absolute Gasteiger partial charge is 0.459 e. The summed E-state index contributed by atoms with van der Waals surface area (Å²) >= 11 is 5.83. The maximum atomic E-state index is 11.9. The van der Waals surface area contributed by atoms with Gasteiger partial charge in [-0.15, -0.1) is 0 Å². The molecular formula is C15H15ClN2O4. The quantitative estimate of drug-likeness (QED) is 0.433. The normalized spacial score (nSPS) is 10.3. The number of carbonyl (C=O) groups excluding carboxylic acids is 2. The summed E-state index contributed by atoms with van der Waals surface area (Å²) < 4.78 is 5.25. The molecule has 22 heavy (non-hydrogen) atoms. The smallest absolute Gasteiger partial charge is 0.287 e. The number of rotatable bonds is 6. The number of benzene rings is 1. The summed E-state index contributed by atoms with van der Waals surface area (Å²) in [6.45, 7) is 0.309. The van der Waals surface area contributed by atoms with Crippen molar-refractivity contribution in [1.82, 2.24) is 10.8 Å². The van der Waals surface area contributed by atoms with Crippen LogP contribution in [0.4, 0.5) is 0 Å². The third-order valence-corrected chi connectivity index (χ3v) is 3.24. The summed E-state index contributed by atoms with van der Waals surface area (Å²) in [5.74, 6) is -0.654. The van der Waals surface area contributed by atoms with Crippen molar-refractivity contribution < 1.29 is 19.2 Å². The molecule has 0 fully saturated rings. The molecule has 1 aromatic heterocycles. The molecule has 1 aromatic carbocycles. The summed E-state index contributed by atoms with van der Waals surface area (Å²) in [5.41, 5.74) is 3.21. The average molecular weight is 323 g/mol. The summed E-state index contributed by atoms with van der Waals surface area (Å²) in [6, 6.07) is 8.83. The topological polar surface area (TPSA) is 91.6 Å². The third kappa shape index (κ3) is 4.34. The van der Waals surface area contributed by atoms with E-state index in [0.717, 1.165) is 11.1 Å². The Morgan fingerprint density at radius 2 is 1.91 bits per heavy atom. The van der Waals surface area contributed by atoms with E-state index in [1.54, 1.807) is 18.2 Å². The number of nitrogens with one attached hydrogen (secondary N) is 2. The molecule has 0 bridgehead atoms. The van der Waals surface area contributed by atoms with Crippen molar-refractivity contribution >= 4 is 23.4 Å². The van der Waals surface area contributed by atoms with Crippen molar-refractivity contribution in [3.63, 3.8) is 0 Å². The molecule has 116 valence electrons. The van der Waals surface area contributed by atoms with Crippen molar-refractivity contribution in [2.75, 3.05) is 6.54 Å². The first-order valence-electron chi connectivity index (χ1n) is 6.66. The lowest BCUT2D eigenvalue weighted by atomic mass is 10.1. The van der Waals surface area contributed by atoms with E-state index in [1.165, 1.54) is 11.7 Å². The molecule has 2 aromatic rings. The van der Waals surface area contributed by atoms with Crippen LogP contribution < -0.4 is 10.8 Å². The van der Waals surface area contributed by atoms with E-state index in [4.69, 9.17) is 21.2 Å². The minimum atomic E-state index is -0.489. The van der Waals surface area contributed by atoms with Gasteiger partial charge in [-0.1, -0.05) is 23.7 Å². The molecule has 0 aliphatic heterocycles. The zero-order valence-corrected chi connectivity index (χ0v) is 12.4. The van der Waals surface area contributed by atoms with Gasteiger partial charge in [0.05, 0.1) is 6.26 Å². The second-order valence-electron chi connectivity index (χ2n) is 4.60. The maximum absolute atomic E-state index is 11.9. The van der Waals surface area contributed by atoms with E-state index in [-0.39, 0.29) is 18.1 Å². The van der Waals surface area contributed by atoms with Crippen LogP contribution in [0.15, 0.2) is 41.0 Å². The van der Waals surface area contributed by atoms with Gasteiger partial charge >= 0.3 is 0 Å². The van der Waals surface area contributed by atoms with Gasteiger partial charge in [0.15, 0.2) is 5.76 Å². The van der Waals surface area contributed by atoms with Crippen LogP contribution in [-0.2, 0) is 4.79 Å². The Morgan fingerprint density at radius 3 is 2.59 bits per heavy atom. The minimum absolute atomic E-state index is 0.130. The molecule has 0 atom stereocenters. The number of hydroxylamine groups is 1. The van der Waals surface area contributed by atoms with Crippen molar-refractivity contribution in [2.24, 2.45) is 0 Å². The molecule has 0 unspecified atom stereocenters. The van der Waals surface area contributed by atoms with Crippen LogP contribution in [0.5, 0.6) is 0 Å². The first kappa shape index (κ1) is 16.1. The fourth-order valence-corrected chi connectivity index (χ4v) is 1.97. The molecule has 0 aliphatic carbocycles. The average Bonchev–Trinajstić information content (AvgIpc) is 3.01. The van der Waals surface area contributed by atoms with Gasteiger partial charge in [0.25, 0.3) is 5.91 Å². The lowest BCUT2D eigenvalue weighted by molar-refractivity contribution is -0.129. The van der Waals surface area contributed by atoms with E-state index in [1.807, 2.05) is 12.1 Å². The van der Waals surface area contributed by atoms with E-state index in [2.05, 4.69) is 5.32 Å². The van der Waals surface area contributed by atoms with Gasteiger partial charge in [0.1, 0.15) is 0 Å². The molecule has 7 heteroatoms. The van der Waals surface area contributed by atoms with Gasteiger partial charge in [-0.2, -0.15) is 0 Å². The van der Waals surface area contributed by atoms with E-state index < -0.39 is 5.91 Å². The number of furan rings is 1. The number of carbonyl (C=O) groups is 2. The molecule has 3 N–H and O–H groups in total. The highest BCUT2D eigenvalue weighted by Gasteiger charge is 2.12. The van der Waals surface area contributed by atoms with Gasteiger partial charge in [-0.05, 0) is 30.2 Å². The molecular weight excluding hydrogens is 308 g/mol. The van der Waals surface area contributed by atoms with Crippen LogP contribution in [0.2, 0.25) is 5.02 Å². The van der Waals surface area contributed by atoms with Crippen LogP contribution in [0.3, 0.4) is 0 Å². The fraction of sp³-hybridized carbons (Fsp3) is 0.200. The van der Waals surface area contributed by atoms with E-state index >= 15 is 0 Å². The van der Waals surface area contributed by atoms with Crippen molar-refractivity contribution in [2.45, 2.75) is 12.8 Å². The SMILES string of the molecule is O=C(CCCNC(=O)c1cc(-c2ccc(Cl)cc2)co1)NO. The van der Waals surface area contributed by atoms with Gasteiger partial charge in [-0.25, -0.2) is 5.48 Å². The maximum Gasteiger partial charge on any atom is 0.287 e. The molecule has 0 saturated heterocycles. The Bertz CT molecular complexity index is 652. The highest BCUT2D eigenvalue weighted by molar-refractivity contribution is 6.30. The second kappa shape index (κ2) is 7.63. The first-order chi connectivity index (χ1) is 10.6. The number of hydrogen-bond donors (Lipinski definition) is 3. The lowest BCUT2D eigenvalue weighted by Crippen LogP contribution is -2.26. The summed E-state index contributed by atoms with van der Waals surface area (Å²) in [5, 5.41) is 11.6. The predicted molar refractivity (Wildman–Crippen MR) is 80.7 cm³/mol. The Hall–Kier alpha value is -2.31. The molecule has 2 amide bonds. The summed E-state index contributed by atoms with van der Waals surface area (Å²) in [6.07, 6.45) is 2.05. The van der Waals surface area contributed by atoms with Gasteiger partial charge in [0.2, 0.25) is 5.91 Å². The Morgan fingerprint density at radius 1 is 1.18 bits per heavy atom. The molecule has 0 aliphatic rings. The molecule has 1 heterocycles. The van der Waals surface area contributed by atoms with Crippen LogP contribution in [-0.4, -0.2) is 23.6 Å². The number of hydrogen-bond acceptors (Lipinski definition) is 4.